The van der Waals surface area contributed by atoms with Gasteiger partial charge in [-0.05, 0) is 13.8 Å². The van der Waals surface area contributed by atoms with Crippen molar-refractivity contribution in [2.24, 2.45) is 10.7 Å². The molecular formula is C12H24N4O. The lowest BCUT2D eigenvalue weighted by molar-refractivity contribution is -0.00682. The molecule has 1 aliphatic heterocycles. The second kappa shape index (κ2) is 6.61. The maximum atomic E-state index is 5.74. The molecule has 1 fully saturated rings. The predicted octanol–water partition coefficient (Wildman–Crippen LogP) is 0.188. The highest BCUT2D eigenvalue weighted by Gasteiger charge is 2.27. The van der Waals surface area contributed by atoms with Gasteiger partial charge in [0.1, 0.15) is 0 Å². The third-order valence-corrected chi connectivity index (χ3v) is 2.93. The number of nitrogens with zero attached hydrogens (tertiary/aromatic N) is 2. The standard InChI is InChI=1S/C12H24N4O/c1-4-5-14-11(13)15-10-12(2,3)16-6-8-17-9-7-16/h4H,1,5-10H2,2-3H3,(H3,13,14,15). The number of hydrogen-bond acceptors (Lipinski definition) is 3. The molecule has 5 nitrogen and oxygen atoms in total. The minimum Gasteiger partial charge on any atom is -0.379 e. The number of ether oxygens (including phenoxy) is 1. The van der Waals surface area contributed by atoms with Crippen LogP contribution in [0.5, 0.6) is 0 Å². The first-order valence-corrected chi connectivity index (χ1v) is 6.04. The van der Waals surface area contributed by atoms with Crippen LogP contribution in [0.3, 0.4) is 0 Å². The highest BCUT2D eigenvalue weighted by molar-refractivity contribution is 5.77. The van der Waals surface area contributed by atoms with Crippen molar-refractivity contribution >= 4 is 5.96 Å². The second-order valence-electron chi connectivity index (χ2n) is 4.78. The maximum Gasteiger partial charge on any atom is 0.188 e. The molecule has 17 heavy (non-hydrogen) atoms. The van der Waals surface area contributed by atoms with Crippen molar-refractivity contribution in [2.45, 2.75) is 19.4 Å². The van der Waals surface area contributed by atoms with E-state index in [1.807, 2.05) is 0 Å². The molecule has 3 N–H and O–H groups in total. The van der Waals surface area contributed by atoms with Crippen LogP contribution in [-0.4, -0.2) is 55.8 Å². The van der Waals surface area contributed by atoms with Crippen LogP contribution >= 0.6 is 0 Å². The van der Waals surface area contributed by atoms with E-state index in [0.717, 1.165) is 26.3 Å². The smallest absolute Gasteiger partial charge is 0.188 e. The molecule has 0 aromatic carbocycles. The van der Waals surface area contributed by atoms with Crippen molar-refractivity contribution in [2.75, 3.05) is 39.4 Å². The largest absolute Gasteiger partial charge is 0.379 e. The second-order valence-corrected chi connectivity index (χ2v) is 4.78. The van der Waals surface area contributed by atoms with E-state index in [9.17, 15) is 0 Å². The number of guanidine groups is 1. The number of rotatable bonds is 5. The Labute approximate surface area is 104 Å². The van der Waals surface area contributed by atoms with Crippen LogP contribution in [0, 0.1) is 0 Å². The van der Waals surface area contributed by atoms with E-state index >= 15 is 0 Å². The molecular weight excluding hydrogens is 216 g/mol. The minimum absolute atomic E-state index is 0.0181. The first kappa shape index (κ1) is 14.0. The van der Waals surface area contributed by atoms with E-state index in [1.54, 1.807) is 6.08 Å². The van der Waals surface area contributed by atoms with Gasteiger partial charge < -0.3 is 15.8 Å². The first-order chi connectivity index (χ1) is 8.06. The lowest BCUT2D eigenvalue weighted by Gasteiger charge is -2.39. The number of hydrogen-bond donors (Lipinski definition) is 2. The van der Waals surface area contributed by atoms with Crippen LogP contribution in [0.1, 0.15) is 13.8 Å². The zero-order valence-corrected chi connectivity index (χ0v) is 10.9. The number of nitrogens with two attached hydrogens (primary N) is 1. The lowest BCUT2D eigenvalue weighted by Crippen LogP contribution is -2.52. The van der Waals surface area contributed by atoms with Gasteiger partial charge in [-0.3, -0.25) is 9.89 Å². The summed E-state index contributed by atoms with van der Waals surface area (Å²) >= 11 is 0. The van der Waals surface area contributed by atoms with Gasteiger partial charge in [0.25, 0.3) is 0 Å². The summed E-state index contributed by atoms with van der Waals surface area (Å²) in [4.78, 5) is 6.75. The maximum absolute atomic E-state index is 5.74. The molecule has 1 heterocycles. The summed E-state index contributed by atoms with van der Waals surface area (Å²) in [6.07, 6.45) is 1.76. The highest BCUT2D eigenvalue weighted by Crippen LogP contribution is 2.16. The van der Waals surface area contributed by atoms with Crippen molar-refractivity contribution in [3.8, 4) is 0 Å². The molecule has 0 saturated carbocycles. The molecule has 0 amide bonds. The van der Waals surface area contributed by atoms with Crippen molar-refractivity contribution < 1.29 is 4.74 Å². The monoisotopic (exact) mass is 240 g/mol. The van der Waals surface area contributed by atoms with Gasteiger partial charge in [-0.1, -0.05) is 6.08 Å². The number of aliphatic imine (C=N–C) groups is 1. The molecule has 98 valence electrons. The number of nitrogens with one attached hydrogen (secondary N) is 1. The molecule has 0 aromatic rings. The third kappa shape index (κ3) is 4.75. The zero-order valence-electron chi connectivity index (χ0n) is 10.9. The number of morpholine rings is 1. The summed E-state index contributed by atoms with van der Waals surface area (Å²) in [6, 6.07) is 0. The molecule has 5 heteroatoms. The predicted molar refractivity (Wildman–Crippen MR) is 71.2 cm³/mol. The van der Waals surface area contributed by atoms with Crippen LogP contribution in [0.4, 0.5) is 0 Å². The van der Waals surface area contributed by atoms with E-state index in [-0.39, 0.29) is 5.54 Å². The molecule has 0 unspecified atom stereocenters. The van der Waals surface area contributed by atoms with Crippen LogP contribution in [0.25, 0.3) is 0 Å². The van der Waals surface area contributed by atoms with E-state index in [0.29, 0.717) is 19.0 Å². The van der Waals surface area contributed by atoms with Crippen molar-refractivity contribution in [3.05, 3.63) is 12.7 Å². The SMILES string of the molecule is C=CCNC(N)=NCC(C)(C)N1CCOCC1. The van der Waals surface area contributed by atoms with Gasteiger partial charge in [-0.25, -0.2) is 0 Å². The normalized spacial score (nSPS) is 19.1. The van der Waals surface area contributed by atoms with E-state index in [2.05, 4.69) is 35.6 Å². The van der Waals surface area contributed by atoms with E-state index in [1.165, 1.54) is 0 Å². The van der Waals surface area contributed by atoms with E-state index < -0.39 is 0 Å². The summed E-state index contributed by atoms with van der Waals surface area (Å²) in [5, 5.41) is 2.97. The summed E-state index contributed by atoms with van der Waals surface area (Å²) in [7, 11) is 0. The quantitative estimate of drug-likeness (QED) is 0.409. The average molecular weight is 240 g/mol. The van der Waals surface area contributed by atoms with Gasteiger partial charge in [-0.2, -0.15) is 0 Å². The Kier molecular flexibility index (Phi) is 5.44. The Bertz CT molecular complexity index is 270. The van der Waals surface area contributed by atoms with Crippen molar-refractivity contribution in [3.63, 3.8) is 0 Å². The first-order valence-electron chi connectivity index (χ1n) is 6.04. The van der Waals surface area contributed by atoms with Crippen LogP contribution in [-0.2, 0) is 4.74 Å². The lowest BCUT2D eigenvalue weighted by atomic mass is 10.0. The Morgan fingerprint density at radius 1 is 1.53 bits per heavy atom. The Hall–Kier alpha value is -1.07. The van der Waals surface area contributed by atoms with Crippen molar-refractivity contribution in [1.29, 1.82) is 0 Å². The summed E-state index contributed by atoms with van der Waals surface area (Å²) in [5.41, 5.74) is 5.76. The topological polar surface area (TPSA) is 62.9 Å². The molecule has 0 radical (unpaired) electrons. The van der Waals surface area contributed by atoms with Crippen molar-refractivity contribution in [1.82, 2.24) is 10.2 Å². The zero-order chi connectivity index (χ0) is 12.7. The third-order valence-electron chi connectivity index (χ3n) is 2.93. The van der Waals surface area contributed by atoms with Crippen LogP contribution in [0.15, 0.2) is 17.6 Å². The minimum atomic E-state index is 0.0181. The average Bonchev–Trinajstić information content (AvgIpc) is 2.35. The summed E-state index contributed by atoms with van der Waals surface area (Å²) in [6.45, 7) is 12.8. The van der Waals surface area contributed by atoms with Gasteiger partial charge in [0.05, 0.1) is 19.8 Å². The molecule has 0 aromatic heterocycles. The fourth-order valence-electron chi connectivity index (χ4n) is 1.78. The fourth-order valence-corrected chi connectivity index (χ4v) is 1.78. The van der Waals surface area contributed by atoms with Crippen LogP contribution < -0.4 is 11.1 Å². The van der Waals surface area contributed by atoms with Gasteiger partial charge >= 0.3 is 0 Å². The highest BCUT2D eigenvalue weighted by atomic mass is 16.5. The van der Waals surface area contributed by atoms with Gasteiger partial charge in [0, 0.05) is 25.2 Å². The molecule has 0 spiro atoms. The fraction of sp³-hybridized carbons (Fsp3) is 0.750. The molecule has 1 rings (SSSR count). The van der Waals surface area contributed by atoms with Gasteiger partial charge in [0.2, 0.25) is 0 Å². The summed E-state index contributed by atoms with van der Waals surface area (Å²) in [5.74, 6) is 0.478. The van der Waals surface area contributed by atoms with Gasteiger partial charge in [-0.15, -0.1) is 6.58 Å². The Morgan fingerprint density at radius 3 is 2.76 bits per heavy atom. The molecule has 0 atom stereocenters. The summed E-state index contributed by atoms with van der Waals surface area (Å²) < 4.78 is 5.35. The molecule has 0 bridgehead atoms. The Balaban J connectivity index is 2.44. The molecule has 0 aliphatic carbocycles. The molecule has 1 aliphatic rings. The van der Waals surface area contributed by atoms with E-state index in [4.69, 9.17) is 10.5 Å². The van der Waals surface area contributed by atoms with Crippen LogP contribution in [0.2, 0.25) is 0 Å². The van der Waals surface area contributed by atoms with Gasteiger partial charge in [0.15, 0.2) is 5.96 Å². The molecule has 1 saturated heterocycles. The Morgan fingerprint density at radius 2 is 2.18 bits per heavy atom.